The molecule has 188 valence electrons. The molecule has 2 N–H and O–H groups in total. The van der Waals surface area contributed by atoms with Gasteiger partial charge in [-0.15, -0.1) is 11.3 Å². The molecule has 4 rings (SSSR count). The Bertz CT molecular complexity index is 1130. The van der Waals surface area contributed by atoms with Crippen LogP contribution in [0.4, 0.5) is 21.2 Å². The van der Waals surface area contributed by atoms with Crippen LogP contribution in [0.25, 0.3) is 0 Å². The Morgan fingerprint density at radius 3 is 2.57 bits per heavy atom. The van der Waals surface area contributed by atoms with Gasteiger partial charge in [0.2, 0.25) is 0 Å². The summed E-state index contributed by atoms with van der Waals surface area (Å²) in [6.45, 7) is 10.4. The Balaban J connectivity index is 1.46. The fraction of sp³-hybridized carbons (Fsp3) is 0.480. The predicted molar refractivity (Wildman–Crippen MR) is 138 cm³/mol. The van der Waals surface area contributed by atoms with Crippen molar-refractivity contribution in [2.24, 2.45) is 4.99 Å². The Kier molecular flexibility index (Phi) is 7.05. The maximum Gasteiger partial charge on any atom is 0.410 e. The molecule has 0 saturated carbocycles. The number of ether oxygens (including phenoxy) is 1. The number of carboxylic acid groups (broad SMARTS) is 1. The van der Waals surface area contributed by atoms with Crippen molar-refractivity contribution < 1.29 is 19.4 Å². The average Bonchev–Trinajstić information content (AvgIpc) is 3.07. The monoisotopic (exact) mass is 499 g/mol. The molecule has 1 fully saturated rings. The van der Waals surface area contributed by atoms with Crippen molar-refractivity contribution in [2.45, 2.75) is 39.3 Å². The SMILES string of the molecule is Cc1cc2c(s1)Nc1ccccc1N=C2N1CCN(CC(C(=O)O)N(C)C(=O)OC(C)(C)C)CC1. The van der Waals surface area contributed by atoms with Crippen LogP contribution in [0.5, 0.6) is 0 Å². The molecule has 2 aliphatic heterocycles. The van der Waals surface area contributed by atoms with Gasteiger partial charge in [0.05, 0.1) is 16.9 Å². The number of carboxylic acids is 1. The van der Waals surface area contributed by atoms with E-state index in [1.54, 1.807) is 32.1 Å². The second-order valence-electron chi connectivity index (χ2n) is 9.91. The third-order valence-electron chi connectivity index (χ3n) is 6.01. The molecular formula is C25H33N5O4S. The fourth-order valence-corrected chi connectivity index (χ4v) is 5.12. The zero-order valence-electron chi connectivity index (χ0n) is 20.9. The van der Waals surface area contributed by atoms with E-state index in [2.05, 4.69) is 28.1 Å². The van der Waals surface area contributed by atoms with Crippen molar-refractivity contribution in [2.75, 3.05) is 45.1 Å². The van der Waals surface area contributed by atoms with E-state index >= 15 is 0 Å². The van der Waals surface area contributed by atoms with Gasteiger partial charge in [-0.25, -0.2) is 14.6 Å². The number of fused-ring (bicyclic) bond motifs is 2. The van der Waals surface area contributed by atoms with E-state index < -0.39 is 23.7 Å². The number of nitrogens with one attached hydrogen (secondary N) is 1. The number of carbonyl (C=O) groups excluding carboxylic acids is 1. The first-order chi connectivity index (χ1) is 16.5. The number of aliphatic carboxylic acids is 1. The number of carbonyl (C=O) groups is 2. The molecule has 3 heterocycles. The third kappa shape index (κ3) is 5.76. The van der Waals surface area contributed by atoms with E-state index in [1.807, 2.05) is 24.3 Å². The largest absolute Gasteiger partial charge is 0.480 e. The quantitative estimate of drug-likeness (QED) is 0.653. The lowest BCUT2D eigenvalue weighted by molar-refractivity contribution is -0.143. The summed E-state index contributed by atoms with van der Waals surface area (Å²) in [6.07, 6.45) is -0.636. The van der Waals surface area contributed by atoms with Gasteiger partial charge in [-0.3, -0.25) is 9.80 Å². The molecule has 2 aliphatic rings. The molecule has 1 amide bonds. The maximum absolute atomic E-state index is 12.4. The van der Waals surface area contributed by atoms with Gasteiger partial charge in [-0.2, -0.15) is 0 Å². The normalized spacial score (nSPS) is 16.8. The van der Waals surface area contributed by atoms with Crippen molar-refractivity contribution in [1.29, 1.82) is 0 Å². The number of thiophene rings is 1. The first-order valence-corrected chi connectivity index (χ1v) is 12.5. The van der Waals surface area contributed by atoms with Gasteiger partial charge in [-0.05, 0) is 45.9 Å². The van der Waals surface area contributed by atoms with Gasteiger partial charge in [0, 0.05) is 44.6 Å². The average molecular weight is 500 g/mol. The summed E-state index contributed by atoms with van der Waals surface area (Å²) in [7, 11) is 1.48. The third-order valence-corrected chi connectivity index (χ3v) is 6.98. The Morgan fingerprint density at radius 2 is 1.91 bits per heavy atom. The predicted octanol–water partition coefficient (Wildman–Crippen LogP) is 4.13. The van der Waals surface area contributed by atoms with E-state index in [0.29, 0.717) is 26.2 Å². The van der Waals surface area contributed by atoms with Crippen LogP contribution in [-0.4, -0.2) is 89.1 Å². The number of nitrogens with zero attached hydrogens (tertiary/aromatic N) is 4. The highest BCUT2D eigenvalue weighted by Gasteiger charge is 2.33. The van der Waals surface area contributed by atoms with Gasteiger partial charge in [0.1, 0.15) is 22.5 Å². The number of para-hydroxylation sites is 2. The van der Waals surface area contributed by atoms with Crippen LogP contribution in [0.15, 0.2) is 35.3 Å². The minimum Gasteiger partial charge on any atom is -0.480 e. The minimum absolute atomic E-state index is 0.235. The second kappa shape index (κ2) is 9.87. The van der Waals surface area contributed by atoms with Crippen molar-refractivity contribution in [1.82, 2.24) is 14.7 Å². The van der Waals surface area contributed by atoms with Crippen LogP contribution in [0.1, 0.15) is 31.2 Å². The van der Waals surface area contributed by atoms with Gasteiger partial charge in [0.25, 0.3) is 0 Å². The number of aryl methyl sites for hydroxylation is 1. The molecule has 1 saturated heterocycles. The van der Waals surface area contributed by atoms with Crippen LogP contribution in [0.2, 0.25) is 0 Å². The van der Waals surface area contributed by atoms with E-state index in [0.717, 1.165) is 27.8 Å². The number of aliphatic imine (C=N–C) groups is 1. The van der Waals surface area contributed by atoms with Crippen LogP contribution >= 0.6 is 11.3 Å². The summed E-state index contributed by atoms with van der Waals surface area (Å²) < 4.78 is 5.37. The molecule has 1 atom stereocenters. The first kappa shape index (κ1) is 25.0. The van der Waals surface area contributed by atoms with Gasteiger partial charge < -0.3 is 20.1 Å². The minimum atomic E-state index is -1.05. The molecule has 2 aromatic rings. The van der Waals surface area contributed by atoms with E-state index in [1.165, 1.54) is 16.8 Å². The molecular weight excluding hydrogens is 466 g/mol. The van der Waals surface area contributed by atoms with Crippen molar-refractivity contribution in [3.8, 4) is 0 Å². The van der Waals surface area contributed by atoms with Crippen molar-refractivity contribution >= 4 is 45.6 Å². The van der Waals surface area contributed by atoms with Crippen LogP contribution in [0, 0.1) is 6.92 Å². The number of likely N-dealkylation sites (N-methyl/N-ethyl adjacent to an activating group) is 1. The molecule has 9 nitrogen and oxygen atoms in total. The highest BCUT2D eigenvalue weighted by Crippen LogP contribution is 2.39. The molecule has 1 unspecified atom stereocenters. The van der Waals surface area contributed by atoms with Crippen LogP contribution in [0.3, 0.4) is 0 Å². The van der Waals surface area contributed by atoms with Gasteiger partial charge in [0.15, 0.2) is 0 Å². The van der Waals surface area contributed by atoms with E-state index in [4.69, 9.17) is 9.73 Å². The number of hydrogen-bond donors (Lipinski definition) is 2. The summed E-state index contributed by atoms with van der Waals surface area (Å²) >= 11 is 1.71. The summed E-state index contributed by atoms with van der Waals surface area (Å²) in [4.78, 5) is 36.2. The lowest BCUT2D eigenvalue weighted by Gasteiger charge is -2.38. The Morgan fingerprint density at radius 1 is 1.23 bits per heavy atom. The zero-order valence-corrected chi connectivity index (χ0v) is 21.7. The summed E-state index contributed by atoms with van der Waals surface area (Å²) in [5, 5.41) is 14.4. The van der Waals surface area contributed by atoms with Crippen LogP contribution < -0.4 is 5.32 Å². The van der Waals surface area contributed by atoms with Gasteiger partial charge >= 0.3 is 12.1 Å². The van der Waals surface area contributed by atoms with E-state index in [-0.39, 0.29) is 6.54 Å². The summed E-state index contributed by atoms with van der Waals surface area (Å²) in [5.74, 6) is -0.114. The lowest BCUT2D eigenvalue weighted by atomic mass is 10.2. The molecule has 35 heavy (non-hydrogen) atoms. The first-order valence-electron chi connectivity index (χ1n) is 11.7. The summed E-state index contributed by atoms with van der Waals surface area (Å²) in [5.41, 5.74) is 2.28. The molecule has 10 heteroatoms. The molecule has 0 aliphatic carbocycles. The van der Waals surface area contributed by atoms with E-state index in [9.17, 15) is 14.7 Å². The molecule has 0 spiro atoms. The number of amides is 1. The van der Waals surface area contributed by atoms with Gasteiger partial charge in [-0.1, -0.05) is 12.1 Å². The standard InChI is InChI=1S/C25H33N5O4S/c1-16-14-17-21(26-18-8-6-7-9-19(18)27-22(17)35-16)30-12-10-29(11-13-30)15-20(23(31)32)28(5)24(33)34-25(2,3)4/h6-9,14,20,27H,10-13,15H2,1-5H3,(H,31,32). The number of anilines is 2. The van der Waals surface area contributed by atoms with Crippen LogP contribution in [-0.2, 0) is 9.53 Å². The zero-order chi connectivity index (χ0) is 25.3. The fourth-order valence-electron chi connectivity index (χ4n) is 4.20. The maximum atomic E-state index is 12.4. The Labute approximate surface area is 210 Å². The lowest BCUT2D eigenvalue weighted by Crippen LogP contribution is -2.55. The number of benzene rings is 1. The summed E-state index contributed by atoms with van der Waals surface area (Å²) in [6, 6.07) is 9.20. The molecule has 0 bridgehead atoms. The number of hydrogen-bond acceptors (Lipinski definition) is 8. The molecule has 1 aromatic heterocycles. The number of rotatable bonds is 4. The Hall–Kier alpha value is -3.11. The van der Waals surface area contributed by atoms with Crippen molar-refractivity contribution in [3.05, 3.63) is 40.8 Å². The smallest absolute Gasteiger partial charge is 0.410 e. The molecule has 1 aromatic carbocycles. The number of amidine groups is 1. The second-order valence-corrected chi connectivity index (χ2v) is 11.2. The topological polar surface area (TPSA) is 97.7 Å². The van der Waals surface area contributed by atoms with Crippen molar-refractivity contribution in [3.63, 3.8) is 0 Å². The number of piperazine rings is 1. The molecule has 0 radical (unpaired) electrons. The highest BCUT2D eigenvalue weighted by molar-refractivity contribution is 7.16. The highest BCUT2D eigenvalue weighted by atomic mass is 32.1.